The lowest BCUT2D eigenvalue weighted by Crippen LogP contribution is -1.93. The van der Waals surface area contributed by atoms with Crippen LogP contribution >= 0.6 is 0 Å². The van der Waals surface area contributed by atoms with E-state index in [0.29, 0.717) is 0 Å². The monoisotopic (exact) mass is 188 g/mol. The van der Waals surface area contributed by atoms with E-state index in [4.69, 9.17) is 0 Å². The zero-order valence-corrected chi connectivity index (χ0v) is 8.50. The number of nitrogens with one attached hydrogen (secondary N) is 1. The van der Waals surface area contributed by atoms with Crippen molar-refractivity contribution in [1.82, 2.24) is 20.2 Å². The van der Waals surface area contributed by atoms with Gasteiger partial charge in [0.1, 0.15) is 5.82 Å². The van der Waals surface area contributed by atoms with Gasteiger partial charge in [0.15, 0.2) is 0 Å². The maximum absolute atomic E-state index is 4.37. The molecule has 1 N–H and O–H groups in total. The van der Waals surface area contributed by atoms with Gasteiger partial charge < -0.3 is 0 Å². The summed E-state index contributed by atoms with van der Waals surface area (Å²) in [4.78, 5) is 8.60. The summed E-state index contributed by atoms with van der Waals surface area (Å²) < 4.78 is 0. The number of hydrogen-bond acceptors (Lipinski definition) is 3. The van der Waals surface area contributed by atoms with Crippen molar-refractivity contribution in [2.24, 2.45) is 0 Å². The van der Waals surface area contributed by atoms with E-state index >= 15 is 0 Å². The van der Waals surface area contributed by atoms with Gasteiger partial charge in [-0.3, -0.25) is 5.10 Å². The first kappa shape index (κ1) is 8.87. The predicted octanol–water partition coefficient (Wildman–Crippen LogP) is 1.79. The van der Waals surface area contributed by atoms with Crippen LogP contribution in [0.15, 0.2) is 12.3 Å². The van der Waals surface area contributed by atoms with E-state index < -0.39 is 0 Å². The van der Waals surface area contributed by atoms with Crippen LogP contribution in [0.1, 0.15) is 17.2 Å². The maximum atomic E-state index is 4.37. The molecule has 0 bridgehead atoms. The molecule has 14 heavy (non-hydrogen) atoms. The van der Waals surface area contributed by atoms with Crippen LogP contribution in [0.2, 0.25) is 0 Å². The Morgan fingerprint density at radius 2 is 1.93 bits per heavy atom. The van der Waals surface area contributed by atoms with Crippen LogP contribution in [-0.4, -0.2) is 20.2 Å². The molecule has 0 aliphatic carbocycles. The number of aromatic nitrogens is 4. The fourth-order valence-electron chi connectivity index (χ4n) is 1.46. The number of aromatic amines is 1. The Morgan fingerprint density at radius 3 is 2.50 bits per heavy atom. The molecule has 0 atom stereocenters. The molecular formula is C10H12N4. The number of aryl methyl sites for hydroxylation is 3. The van der Waals surface area contributed by atoms with Crippen LogP contribution in [0.5, 0.6) is 0 Å². The van der Waals surface area contributed by atoms with E-state index in [9.17, 15) is 0 Å². The molecule has 0 fully saturated rings. The molecule has 2 aromatic heterocycles. The molecule has 2 aromatic rings. The Balaban J connectivity index is 2.57. The van der Waals surface area contributed by atoms with Crippen molar-refractivity contribution >= 4 is 0 Å². The third-order valence-electron chi connectivity index (χ3n) is 2.07. The second kappa shape index (κ2) is 3.21. The Bertz CT molecular complexity index is 439. The summed E-state index contributed by atoms with van der Waals surface area (Å²) in [6, 6.07) is 1.96. The molecule has 0 radical (unpaired) electrons. The minimum Gasteiger partial charge on any atom is -0.282 e. The van der Waals surface area contributed by atoms with Gasteiger partial charge >= 0.3 is 0 Å². The van der Waals surface area contributed by atoms with Crippen LogP contribution in [-0.2, 0) is 0 Å². The summed E-state index contributed by atoms with van der Waals surface area (Å²) in [7, 11) is 0. The van der Waals surface area contributed by atoms with Gasteiger partial charge in [-0.15, -0.1) is 0 Å². The lowest BCUT2D eigenvalue weighted by molar-refractivity contribution is 1.01. The highest BCUT2D eigenvalue weighted by Crippen LogP contribution is 2.19. The molecule has 0 saturated carbocycles. The minimum atomic E-state index is 0.792. The lowest BCUT2D eigenvalue weighted by atomic mass is 10.2. The summed E-state index contributed by atoms with van der Waals surface area (Å²) in [5.41, 5.74) is 3.98. The normalized spacial score (nSPS) is 10.5. The highest BCUT2D eigenvalue weighted by Gasteiger charge is 2.06. The first-order chi connectivity index (χ1) is 6.66. The van der Waals surface area contributed by atoms with Crippen molar-refractivity contribution in [2.45, 2.75) is 20.8 Å². The second-order valence-corrected chi connectivity index (χ2v) is 3.35. The van der Waals surface area contributed by atoms with E-state index in [-0.39, 0.29) is 0 Å². The molecule has 0 saturated heterocycles. The summed E-state index contributed by atoms with van der Waals surface area (Å²) in [6.07, 6.45) is 1.79. The topological polar surface area (TPSA) is 54.5 Å². The SMILES string of the molecule is Cc1cc(-c2cn[nH]c2C)nc(C)n1. The first-order valence-corrected chi connectivity index (χ1v) is 4.49. The van der Waals surface area contributed by atoms with Gasteiger partial charge in [0.05, 0.1) is 11.9 Å². The quantitative estimate of drug-likeness (QED) is 0.742. The largest absolute Gasteiger partial charge is 0.282 e. The van der Waals surface area contributed by atoms with E-state index in [1.165, 1.54) is 0 Å². The van der Waals surface area contributed by atoms with E-state index in [1.54, 1.807) is 6.20 Å². The molecule has 0 unspecified atom stereocenters. The van der Waals surface area contributed by atoms with E-state index in [2.05, 4.69) is 20.2 Å². The van der Waals surface area contributed by atoms with Gasteiger partial charge in [0, 0.05) is 17.0 Å². The number of rotatable bonds is 1. The molecule has 2 rings (SSSR count). The summed E-state index contributed by atoms with van der Waals surface area (Å²) >= 11 is 0. The molecule has 2 heterocycles. The predicted molar refractivity (Wildman–Crippen MR) is 53.8 cm³/mol. The van der Waals surface area contributed by atoms with Crippen molar-refractivity contribution < 1.29 is 0 Å². The molecule has 4 heteroatoms. The average molecular weight is 188 g/mol. The van der Waals surface area contributed by atoms with Crippen molar-refractivity contribution in [3.8, 4) is 11.3 Å². The Kier molecular flexibility index (Phi) is 2.04. The Morgan fingerprint density at radius 1 is 1.14 bits per heavy atom. The molecule has 4 nitrogen and oxygen atoms in total. The van der Waals surface area contributed by atoms with Crippen molar-refractivity contribution in [3.05, 3.63) is 29.5 Å². The molecule has 0 amide bonds. The fraction of sp³-hybridized carbons (Fsp3) is 0.300. The summed E-state index contributed by atoms with van der Waals surface area (Å²) in [5, 5.41) is 6.87. The zero-order chi connectivity index (χ0) is 10.1. The number of nitrogens with zero attached hydrogens (tertiary/aromatic N) is 3. The Hall–Kier alpha value is -1.71. The van der Waals surface area contributed by atoms with Crippen LogP contribution < -0.4 is 0 Å². The van der Waals surface area contributed by atoms with Gasteiger partial charge in [-0.25, -0.2) is 9.97 Å². The molecule has 72 valence electrons. The standard InChI is InChI=1S/C10H12N4/c1-6-4-10(13-8(3)12-6)9-5-11-14-7(9)2/h4-5H,1-3H3,(H,11,14). The summed E-state index contributed by atoms with van der Waals surface area (Å²) in [5.74, 6) is 0.792. The van der Waals surface area contributed by atoms with Crippen molar-refractivity contribution in [3.63, 3.8) is 0 Å². The highest BCUT2D eigenvalue weighted by atomic mass is 15.1. The third kappa shape index (κ3) is 1.51. The van der Waals surface area contributed by atoms with Gasteiger partial charge in [-0.05, 0) is 26.8 Å². The van der Waals surface area contributed by atoms with E-state index in [1.807, 2.05) is 26.8 Å². The second-order valence-electron chi connectivity index (χ2n) is 3.35. The Labute approximate surface area is 82.4 Å². The molecule has 0 aromatic carbocycles. The fourth-order valence-corrected chi connectivity index (χ4v) is 1.46. The van der Waals surface area contributed by atoms with Gasteiger partial charge in [0.2, 0.25) is 0 Å². The number of H-pyrrole nitrogens is 1. The maximum Gasteiger partial charge on any atom is 0.126 e. The zero-order valence-electron chi connectivity index (χ0n) is 8.50. The van der Waals surface area contributed by atoms with Crippen molar-refractivity contribution in [1.29, 1.82) is 0 Å². The molecule has 0 aliphatic heterocycles. The number of hydrogen-bond donors (Lipinski definition) is 1. The lowest BCUT2D eigenvalue weighted by Gasteiger charge is -2.01. The minimum absolute atomic E-state index is 0.792. The highest BCUT2D eigenvalue weighted by molar-refractivity contribution is 5.60. The first-order valence-electron chi connectivity index (χ1n) is 4.49. The third-order valence-corrected chi connectivity index (χ3v) is 2.07. The molecule has 0 aliphatic rings. The molecular weight excluding hydrogens is 176 g/mol. The van der Waals surface area contributed by atoms with Gasteiger partial charge in [0.25, 0.3) is 0 Å². The van der Waals surface area contributed by atoms with Crippen LogP contribution in [0.3, 0.4) is 0 Å². The van der Waals surface area contributed by atoms with Gasteiger partial charge in [-0.1, -0.05) is 0 Å². The summed E-state index contributed by atoms with van der Waals surface area (Å²) in [6.45, 7) is 5.84. The van der Waals surface area contributed by atoms with Gasteiger partial charge in [-0.2, -0.15) is 5.10 Å². The van der Waals surface area contributed by atoms with Crippen LogP contribution in [0.25, 0.3) is 11.3 Å². The van der Waals surface area contributed by atoms with Crippen LogP contribution in [0, 0.1) is 20.8 Å². The van der Waals surface area contributed by atoms with Crippen molar-refractivity contribution in [2.75, 3.05) is 0 Å². The molecule has 0 spiro atoms. The smallest absolute Gasteiger partial charge is 0.126 e. The average Bonchev–Trinajstić information content (AvgIpc) is 2.49. The van der Waals surface area contributed by atoms with Crippen LogP contribution in [0.4, 0.5) is 0 Å². The van der Waals surface area contributed by atoms with E-state index in [0.717, 1.165) is 28.5 Å².